The molecule has 9 heteroatoms. The molecule has 4 aromatic rings. The Hall–Kier alpha value is -4.97. The highest BCUT2D eigenvalue weighted by Crippen LogP contribution is 2.33. The molecule has 3 heterocycles. The Morgan fingerprint density at radius 2 is 1.95 bits per heavy atom. The van der Waals surface area contributed by atoms with Gasteiger partial charge < -0.3 is 16.4 Å². The van der Waals surface area contributed by atoms with Crippen LogP contribution in [0.2, 0.25) is 0 Å². The van der Waals surface area contributed by atoms with Crippen LogP contribution in [0.1, 0.15) is 42.4 Å². The van der Waals surface area contributed by atoms with E-state index in [1.54, 1.807) is 43.6 Å². The van der Waals surface area contributed by atoms with E-state index in [1.165, 1.54) is 0 Å². The van der Waals surface area contributed by atoms with Crippen molar-refractivity contribution in [3.05, 3.63) is 78.5 Å². The number of carbonyl (C=O) groups excluding carboxylic acids is 2. The molecular formula is C28H25N7O2. The number of amides is 2. The van der Waals surface area contributed by atoms with Gasteiger partial charge in [0.15, 0.2) is 0 Å². The fourth-order valence-corrected chi connectivity index (χ4v) is 4.40. The van der Waals surface area contributed by atoms with Gasteiger partial charge in [0, 0.05) is 35.8 Å². The monoisotopic (exact) mass is 491 g/mol. The van der Waals surface area contributed by atoms with Crippen molar-refractivity contribution < 1.29 is 9.59 Å². The molecule has 0 radical (unpaired) electrons. The second-order valence-electron chi connectivity index (χ2n) is 8.61. The number of fused-ring (bicyclic) bond motifs is 1. The summed E-state index contributed by atoms with van der Waals surface area (Å²) in [5.41, 5.74) is 10.1. The Balaban J connectivity index is 1.42. The highest BCUT2D eigenvalue weighted by Gasteiger charge is 2.23. The van der Waals surface area contributed by atoms with Crippen LogP contribution >= 0.6 is 0 Å². The molecular weight excluding hydrogens is 466 g/mol. The Kier molecular flexibility index (Phi) is 6.64. The van der Waals surface area contributed by atoms with Crippen LogP contribution in [0.15, 0.2) is 67.1 Å². The lowest BCUT2D eigenvalue weighted by molar-refractivity contribution is -0.116. The third-order valence-electron chi connectivity index (χ3n) is 6.18. The van der Waals surface area contributed by atoms with Crippen molar-refractivity contribution in [1.29, 1.82) is 0 Å². The maximum atomic E-state index is 12.6. The van der Waals surface area contributed by atoms with Crippen LogP contribution < -0.4 is 16.4 Å². The molecule has 4 N–H and O–H groups in total. The van der Waals surface area contributed by atoms with E-state index in [0.29, 0.717) is 34.8 Å². The van der Waals surface area contributed by atoms with Crippen molar-refractivity contribution in [2.24, 2.45) is 0 Å². The minimum Gasteiger partial charge on any atom is -0.382 e. The van der Waals surface area contributed by atoms with Gasteiger partial charge >= 0.3 is 0 Å². The number of hydrogen-bond donors (Lipinski definition) is 3. The normalized spacial score (nSPS) is 14.8. The van der Waals surface area contributed by atoms with Gasteiger partial charge in [0.25, 0.3) is 11.8 Å². The Labute approximate surface area is 213 Å². The quantitative estimate of drug-likeness (QED) is 0.365. The molecule has 2 amide bonds. The van der Waals surface area contributed by atoms with Gasteiger partial charge in [-0.15, -0.1) is 0 Å². The van der Waals surface area contributed by atoms with E-state index in [9.17, 15) is 9.59 Å². The third kappa shape index (κ3) is 5.04. The van der Waals surface area contributed by atoms with Crippen molar-refractivity contribution in [3.8, 4) is 23.1 Å². The van der Waals surface area contributed by atoms with E-state index in [1.807, 2.05) is 28.8 Å². The van der Waals surface area contributed by atoms with Crippen LogP contribution in [0.5, 0.6) is 0 Å². The SMILES string of the molecule is CC#CC(=O)NC1CC=C(c2nc(-c3ccc(C(=O)Nc4ccccn4)cc3)c3c(N)nccn23)CC1. The minimum absolute atomic E-state index is 0.0410. The molecule has 1 aromatic carbocycles. The number of nitrogens with one attached hydrogen (secondary N) is 2. The molecule has 1 aliphatic rings. The molecule has 37 heavy (non-hydrogen) atoms. The van der Waals surface area contributed by atoms with E-state index in [4.69, 9.17) is 10.7 Å². The molecule has 0 saturated carbocycles. The van der Waals surface area contributed by atoms with Gasteiger partial charge in [-0.1, -0.05) is 30.2 Å². The number of imidazole rings is 1. The summed E-state index contributed by atoms with van der Waals surface area (Å²) in [6.45, 7) is 1.64. The third-order valence-corrected chi connectivity index (χ3v) is 6.18. The van der Waals surface area contributed by atoms with Gasteiger partial charge in [0.2, 0.25) is 0 Å². The zero-order chi connectivity index (χ0) is 25.8. The first-order chi connectivity index (χ1) is 18.0. The highest BCUT2D eigenvalue weighted by molar-refractivity contribution is 6.04. The number of carbonyl (C=O) groups is 2. The predicted octanol–water partition coefficient (Wildman–Crippen LogP) is 3.70. The van der Waals surface area contributed by atoms with E-state index in [2.05, 4.69) is 38.5 Å². The number of aromatic nitrogens is 4. The van der Waals surface area contributed by atoms with Gasteiger partial charge in [-0.25, -0.2) is 15.0 Å². The topological polar surface area (TPSA) is 127 Å². The van der Waals surface area contributed by atoms with Gasteiger partial charge in [0.1, 0.15) is 28.7 Å². The second kappa shape index (κ2) is 10.3. The van der Waals surface area contributed by atoms with E-state index in [-0.39, 0.29) is 17.9 Å². The highest BCUT2D eigenvalue weighted by atomic mass is 16.2. The maximum absolute atomic E-state index is 12.6. The predicted molar refractivity (Wildman–Crippen MR) is 142 cm³/mol. The standard InChI is InChI=1S/C28H25N7O2/c1-2-5-23(36)32-21-13-11-19(12-14-21)27-34-24(25-26(29)31-16-17-35(25)27)18-7-9-20(10-8-18)28(37)33-22-6-3-4-15-30-22/h3-4,6-11,15-17,21H,12-14H2,1H3,(H2,29,31)(H,32,36)(H,30,33,37). The maximum Gasteiger partial charge on any atom is 0.296 e. The zero-order valence-corrected chi connectivity index (χ0v) is 20.2. The number of allylic oxidation sites excluding steroid dienone is 1. The van der Waals surface area contributed by atoms with Gasteiger partial charge in [-0.3, -0.25) is 14.0 Å². The van der Waals surface area contributed by atoms with Crippen LogP contribution in [0.25, 0.3) is 22.3 Å². The number of nitrogens with zero attached hydrogens (tertiary/aromatic N) is 4. The smallest absolute Gasteiger partial charge is 0.296 e. The summed E-state index contributed by atoms with van der Waals surface area (Å²) in [5.74, 6) is 6.28. The molecule has 184 valence electrons. The summed E-state index contributed by atoms with van der Waals surface area (Å²) in [6, 6.07) is 12.6. The molecule has 0 fully saturated rings. The van der Waals surface area contributed by atoms with Crippen LogP contribution in [-0.2, 0) is 4.79 Å². The molecule has 3 aromatic heterocycles. The summed E-state index contributed by atoms with van der Waals surface area (Å²) in [5, 5.41) is 5.73. The summed E-state index contributed by atoms with van der Waals surface area (Å²) in [4.78, 5) is 37.8. The van der Waals surface area contributed by atoms with Crippen LogP contribution in [0.3, 0.4) is 0 Å². The number of anilines is 2. The average Bonchev–Trinajstić information content (AvgIpc) is 3.31. The van der Waals surface area contributed by atoms with Gasteiger partial charge in [-0.05, 0) is 61.9 Å². The van der Waals surface area contributed by atoms with E-state index < -0.39 is 0 Å². The fourth-order valence-electron chi connectivity index (χ4n) is 4.40. The number of pyridine rings is 1. The zero-order valence-electron chi connectivity index (χ0n) is 20.2. The Bertz CT molecular complexity index is 1560. The molecule has 1 unspecified atom stereocenters. The molecule has 5 rings (SSSR count). The summed E-state index contributed by atoms with van der Waals surface area (Å²) in [7, 11) is 0. The Morgan fingerprint density at radius 1 is 1.11 bits per heavy atom. The largest absolute Gasteiger partial charge is 0.382 e. The second-order valence-corrected chi connectivity index (χ2v) is 8.61. The summed E-state index contributed by atoms with van der Waals surface area (Å²) in [6.07, 6.45) is 9.45. The average molecular weight is 492 g/mol. The molecule has 1 atom stereocenters. The van der Waals surface area contributed by atoms with Crippen molar-refractivity contribution >= 4 is 34.5 Å². The minimum atomic E-state index is -0.256. The van der Waals surface area contributed by atoms with Crippen molar-refractivity contribution in [3.63, 3.8) is 0 Å². The number of benzene rings is 1. The van der Waals surface area contributed by atoms with Crippen molar-refractivity contribution in [2.75, 3.05) is 11.1 Å². The number of hydrogen-bond acceptors (Lipinski definition) is 6. The lowest BCUT2D eigenvalue weighted by Gasteiger charge is -2.21. The van der Waals surface area contributed by atoms with Crippen LogP contribution in [0, 0.1) is 11.8 Å². The number of nitrogen functional groups attached to an aromatic ring is 1. The fraction of sp³-hybridized carbons (Fsp3) is 0.179. The van der Waals surface area contributed by atoms with Gasteiger partial charge in [-0.2, -0.15) is 0 Å². The summed E-state index contributed by atoms with van der Waals surface area (Å²) >= 11 is 0. The van der Waals surface area contributed by atoms with Crippen LogP contribution in [0.4, 0.5) is 11.6 Å². The first-order valence-electron chi connectivity index (χ1n) is 11.9. The van der Waals surface area contributed by atoms with Crippen LogP contribution in [-0.4, -0.2) is 37.2 Å². The van der Waals surface area contributed by atoms with Crippen molar-refractivity contribution in [1.82, 2.24) is 24.7 Å². The van der Waals surface area contributed by atoms with Gasteiger partial charge in [0.05, 0.1) is 0 Å². The molecule has 0 bridgehead atoms. The van der Waals surface area contributed by atoms with E-state index in [0.717, 1.165) is 29.8 Å². The number of nitrogens with two attached hydrogens (primary N) is 1. The molecule has 1 aliphatic carbocycles. The molecule has 0 spiro atoms. The molecule has 0 aliphatic heterocycles. The molecule has 9 nitrogen and oxygen atoms in total. The summed E-state index contributed by atoms with van der Waals surface area (Å²) < 4.78 is 1.95. The number of rotatable bonds is 5. The Morgan fingerprint density at radius 3 is 2.65 bits per heavy atom. The lowest BCUT2D eigenvalue weighted by atomic mass is 9.94. The first kappa shape index (κ1) is 23.8. The molecule has 0 saturated heterocycles. The first-order valence-corrected chi connectivity index (χ1v) is 11.9. The van der Waals surface area contributed by atoms with E-state index >= 15 is 0 Å². The van der Waals surface area contributed by atoms with Crippen molar-refractivity contribution in [2.45, 2.75) is 32.2 Å². The lowest BCUT2D eigenvalue weighted by Crippen LogP contribution is -2.34.